The van der Waals surface area contributed by atoms with Crippen LogP contribution < -0.4 is 4.74 Å². The van der Waals surface area contributed by atoms with Gasteiger partial charge in [-0.3, -0.25) is 0 Å². The van der Waals surface area contributed by atoms with Crippen LogP contribution in [0.15, 0.2) is 16.9 Å². The fraction of sp³-hybridized carbons (Fsp3) is 0.733. The third-order valence-corrected chi connectivity index (χ3v) is 4.80. The topological polar surface area (TPSA) is 38.2 Å². The van der Waals surface area contributed by atoms with Gasteiger partial charge in [-0.1, -0.05) is 12.8 Å². The molecule has 3 rings (SSSR count). The van der Waals surface area contributed by atoms with Crippen LogP contribution >= 0.6 is 15.9 Å². The molecule has 1 aromatic rings. The largest absolute Gasteiger partial charge is 0.460 e. The fourth-order valence-electron chi connectivity index (χ4n) is 3.28. The second kappa shape index (κ2) is 6.85. The Morgan fingerprint density at radius 1 is 1.10 bits per heavy atom. The molecule has 4 nitrogen and oxygen atoms in total. The van der Waals surface area contributed by atoms with E-state index in [-0.39, 0.29) is 6.10 Å². The molecule has 1 aliphatic carbocycles. The monoisotopic (exact) mass is 339 g/mol. The normalized spacial score (nSPS) is 22.2. The summed E-state index contributed by atoms with van der Waals surface area (Å²) in [6.07, 6.45) is 11.7. The molecule has 0 N–H and O–H groups in total. The van der Waals surface area contributed by atoms with Gasteiger partial charge in [0.15, 0.2) is 0 Å². The summed E-state index contributed by atoms with van der Waals surface area (Å²) in [6.45, 7) is 3.59. The van der Waals surface area contributed by atoms with Crippen molar-refractivity contribution in [2.75, 3.05) is 19.6 Å². The van der Waals surface area contributed by atoms with Crippen LogP contribution in [-0.2, 0) is 0 Å². The average Bonchev–Trinajstić information content (AvgIpc) is 2.96. The van der Waals surface area contributed by atoms with E-state index in [1.807, 2.05) is 0 Å². The number of hydrogen-bond donors (Lipinski definition) is 0. The molecule has 20 heavy (non-hydrogen) atoms. The zero-order chi connectivity index (χ0) is 13.8. The summed E-state index contributed by atoms with van der Waals surface area (Å²) in [5.74, 6) is 0.947. The smallest absolute Gasteiger partial charge is 0.316 e. The van der Waals surface area contributed by atoms with Gasteiger partial charge in [0.05, 0.1) is 4.47 Å². The Bertz CT molecular complexity index is 412. The Kier molecular flexibility index (Phi) is 4.89. The first-order valence-corrected chi connectivity index (χ1v) is 8.45. The van der Waals surface area contributed by atoms with E-state index in [1.54, 1.807) is 12.4 Å². The van der Waals surface area contributed by atoms with Crippen LogP contribution in [0.25, 0.3) is 0 Å². The number of rotatable bonds is 4. The number of ether oxygens (including phenoxy) is 1. The molecule has 0 bridgehead atoms. The van der Waals surface area contributed by atoms with Gasteiger partial charge in [0.2, 0.25) is 0 Å². The number of aromatic nitrogens is 2. The molecule has 5 heteroatoms. The van der Waals surface area contributed by atoms with Crippen LogP contribution in [-0.4, -0.2) is 40.6 Å². The zero-order valence-corrected chi connectivity index (χ0v) is 13.4. The summed E-state index contributed by atoms with van der Waals surface area (Å²) < 4.78 is 6.74. The van der Waals surface area contributed by atoms with Crippen molar-refractivity contribution in [3.63, 3.8) is 0 Å². The lowest BCUT2D eigenvalue weighted by atomic mass is 10.0. The van der Waals surface area contributed by atoms with Crippen molar-refractivity contribution < 1.29 is 4.74 Å². The lowest BCUT2D eigenvalue weighted by molar-refractivity contribution is 0.0846. The van der Waals surface area contributed by atoms with Crippen LogP contribution in [0.5, 0.6) is 6.01 Å². The second-order valence-corrected chi connectivity index (χ2v) is 6.87. The minimum Gasteiger partial charge on any atom is -0.460 e. The van der Waals surface area contributed by atoms with Crippen molar-refractivity contribution in [1.29, 1.82) is 0 Å². The van der Waals surface area contributed by atoms with Gasteiger partial charge in [0.25, 0.3) is 0 Å². The first-order chi connectivity index (χ1) is 9.79. The molecule has 0 amide bonds. The number of hydrogen-bond acceptors (Lipinski definition) is 4. The summed E-state index contributed by atoms with van der Waals surface area (Å²) in [5, 5.41) is 0. The maximum Gasteiger partial charge on any atom is 0.316 e. The molecule has 110 valence electrons. The number of nitrogens with zero attached hydrogens (tertiary/aromatic N) is 3. The maximum atomic E-state index is 5.86. The Labute approximate surface area is 129 Å². The lowest BCUT2D eigenvalue weighted by Gasteiger charge is -2.33. The van der Waals surface area contributed by atoms with Crippen LogP contribution in [0.2, 0.25) is 0 Å². The van der Waals surface area contributed by atoms with Crippen LogP contribution in [0.3, 0.4) is 0 Å². The number of piperidine rings is 1. The van der Waals surface area contributed by atoms with Gasteiger partial charge in [-0.25, -0.2) is 9.97 Å². The standard InChI is InChI=1S/C15H22BrN3O/c16-13-9-17-15(18-10-13)20-14-5-7-19(8-6-14)11-12-3-1-2-4-12/h9-10,12,14H,1-8,11H2. The van der Waals surface area contributed by atoms with E-state index in [2.05, 4.69) is 30.8 Å². The molecular weight excluding hydrogens is 318 g/mol. The predicted octanol–water partition coefficient (Wildman–Crippen LogP) is 3.27. The summed E-state index contributed by atoms with van der Waals surface area (Å²) in [7, 11) is 0. The highest BCUT2D eigenvalue weighted by Gasteiger charge is 2.24. The van der Waals surface area contributed by atoms with Gasteiger partial charge in [-0.2, -0.15) is 0 Å². The van der Waals surface area contributed by atoms with Crippen LogP contribution in [0.1, 0.15) is 38.5 Å². The van der Waals surface area contributed by atoms with Crippen molar-refractivity contribution in [2.45, 2.75) is 44.6 Å². The van der Waals surface area contributed by atoms with Gasteiger partial charge in [-0.05, 0) is 47.5 Å². The van der Waals surface area contributed by atoms with Crippen molar-refractivity contribution >= 4 is 15.9 Å². The number of likely N-dealkylation sites (tertiary alicyclic amines) is 1. The molecule has 1 aliphatic heterocycles. The summed E-state index contributed by atoms with van der Waals surface area (Å²) in [4.78, 5) is 11.0. The molecule has 0 unspecified atom stereocenters. The highest BCUT2D eigenvalue weighted by atomic mass is 79.9. The highest BCUT2D eigenvalue weighted by Crippen LogP contribution is 2.27. The van der Waals surface area contributed by atoms with Gasteiger partial charge in [-0.15, -0.1) is 0 Å². The van der Waals surface area contributed by atoms with Crippen molar-refractivity contribution in [2.24, 2.45) is 5.92 Å². The van der Waals surface area contributed by atoms with Crippen LogP contribution in [0, 0.1) is 5.92 Å². The molecule has 0 spiro atoms. The zero-order valence-electron chi connectivity index (χ0n) is 11.8. The first kappa shape index (κ1) is 14.3. The SMILES string of the molecule is Brc1cnc(OC2CCN(CC3CCCC3)CC2)nc1. The summed E-state index contributed by atoms with van der Waals surface area (Å²) in [5.41, 5.74) is 0. The van der Waals surface area contributed by atoms with Gasteiger partial charge in [0, 0.05) is 32.0 Å². The molecular formula is C15H22BrN3O. The fourth-order valence-corrected chi connectivity index (χ4v) is 3.48. The minimum absolute atomic E-state index is 0.274. The van der Waals surface area contributed by atoms with E-state index >= 15 is 0 Å². The molecule has 0 aromatic carbocycles. The molecule has 1 saturated carbocycles. The Morgan fingerprint density at radius 3 is 2.40 bits per heavy atom. The van der Waals surface area contributed by atoms with Crippen LogP contribution in [0.4, 0.5) is 0 Å². The van der Waals surface area contributed by atoms with E-state index < -0.39 is 0 Å². The van der Waals surface area contributed by atoms with E-state index in [1.165, 1.54) is 32.2 Å². The highest BCUT2D eigenvalue weighted by molar-refractivity contribution is 9.10. The lowest BCUT2D eigenvalue weighted by Crippen LogP contribution is -2.40. The molecule has 1 aromatic heterocycles. The Morgan fingerprint density at radius 2 is 1.75 bits per heavy atom. The molecule has 0 atom stereocenters. The average molecular weight is 340 g/mol. The maximum absolute atomic E-state index is 5.86. The van der Waals surface area contributed by atoms with Crippen molar-refractivity contribution in [3.8, 4) is 6.01 Å². The summed E-state index contributed by atoms with van der Waals surface area (Å²) >= 11 is 3.33. The first-order valence-electron chi connectivity index (χ1n) is 7.66. The number of halogens is 1. The van der Waals surface area contributed by atoms with E-state index in [9.17, 15) is 0 Å². The quantitative estimate of drug-likeness (QED) is 0.843. The van der Waals surface area contributed by atoms with Gasteiger partial charge < -0.3 is 9.64 Å². The molecule has 2 aliphatic rings. The van der Waals surface area contributed by atoms with Crippen molar-refractivity contribution in [3.05, 3.63) is 16.9 Å². The molecule has 0 radical (unpaired) electrons. The molecule has 1 saturated heterocycles. The Balaban J connectivity index is 1.42. The Hall–Kier alpha value is -0.680. The molecule has 2 fully saturated rings. The molecule has 2 heterocycles. The van der Waals surface area contributed by atoms with Crippen molar-refractivity contribution in [1.82, 2.24) is 14.9 Å². The van der Waals surface area contributed by atoms with E-state index in [4.69, 9.17) is 4.74 Å². The van der Waals surface area contributed by atoms with Gasteiger partial charge in [0.1, 0.15) is 6.10 Å². The summed E-state index contributed by atoms with van der Waals surface area (Å²) in [6, 6.07) is 0.502. The van der Waals surface area contributed by atoms with Gasteiger partial charge >= 0.3 is 6.01 Å². The van der Waals surface area contributed by atoms with E-state index in [0.29, 0.717) is 6.01 Å². The minimum atomic E-state index is 0.274. The predicted molar refractivity (Wildman–Crippen MR) is 81.8 cm³/mol. The third-order valence-electron chi connectivity index (χ3n) is 4.39. The third kappa shape index (κ3) is 3.92. The van der Waals surface area contributed by atoms with E-state index in [0.717, 1.165) is 36.3 Å². The second-order valence-electron chi connectivity index (χ2n) is 5.95.